The van der Waals surface area contributed by atoms with Crippen LogP contribution < -0.4 is 10.5 Å². The molecule has 1 amide bonds. The van der Waals surface area contributed by atoms with Crippen LogP contribution in [0.25, 0.3) is 11.2 Å². The lowest BCUT2D eigenvalue weighted by atomic mass is 10.0. The van der Waals surface area contributed by atoms with Crippen LogP contribution in [-0.4, -0.2) is 91.4 Å². The molecule has 3 heterocycles. The predicted molar refractivity (Wildman–Crippen MR) is 106 cm³/mol. The summed E-state index contributed by atoms with van der Waals surface area (Å²) in [6.45, 7) is 2.27. The second-order valence-corrected chi connectivity index (χ2v) is 8.86. The van der Waals surface area contributed by atoms with Crippen LogP contribution in [0.5, 0.6) is 0 Å². The van der Waals surface area contributed by atoms with Gasteiger partial charge in [0.05, 0.1) is 19.0 Å². The van der Waals surface area contributed by atoms with E-state index in [9.17, 15) is 33.6 Å². The number of carbonyl (C=O) groups is 1. The van der Waals surface area contributed by atoms with Gasteiger partial charge in [0.15, 0.2) is 23.8 Å². The number of carbonyl (C=O) groups excluding carboxylic acids is 1. The van der Waals surface area contributed by atoms with Gasteiger partial charge in [0.1, 0.15) is 30.2 Å². The van der Waals surface area contributed by atoms with Crippen LogP contribution in [-0.2, 0) is 24.0 Å². The van der Waals surface area contributed by atoms with E-state index in [1.807, 2.05) is 0 Å². The van der Waals surface area contributed by atoms with Crippen molar-refractivity contribution in [3.05, 3.63) is 12.7 Å². The number of nitrogen functional groups attached to an aromatic ring is 1. The van der Waals surface area contributed by atoms with Gasteiger partial charge >= 0.3 is 10.3 Å². The highest BCUT2D eigenvalue weighted by molar-refractivity contribution is 7.85. The highest BCUT2D eigenvalue weighted by Crippen LogP contribution is 2.32. The molecule has 0 radical (unpaired) electrons. The lowest BCUT2D eigenvalue weighted by molar-refractivity contribution is -0.135. The monoisotopic (exact) mass is 476 g/mol. The number of aromatic nitrogens is 4. The molecular formula is C16H24N6O9S. The number of hydrogen-bond acceptors (Lipinski definition) is 13. The number of anilines is 1. The second-order valence-electron chi connectivity index (χ2n) is 7.51. The molecule has 0 aromatic carbocycles. The third kappa shape index (κ3) is 4.80. The van der Waals surface area contributed by atoms with E-state index in [0.29, 0.717) is 0 Å². The maximum absolute atomic E-state index is 12.0. The van der Waals surface area contributed by atoms with Gasteiger partial charge in [-0.25, -0.2) is 19.7 Å². The fourth-order valence-electron chi connectivity index (χ4n) is 3.04. The molecule has 32 heavy (non-hydrogen) atoms. The van der Waals surface area contributed by atoms with Crippen molar-refractivity contribution < 1.29 is 42.6 Å². The first-order valence-corrected chi connectivity index (χ1v) is 10.9. The second kappa shape index (κ2) is 9.18. The van der Waals surface area contributed by atoms with Crippen LogP contribution >= 0.6 is 0 Å². The summed E-state index contributed by atoms with van der Waals surface area (Å²) < 4.78 is 37.0. The summed E-state index contributed by atoms with van der Waals surface area (Å²) in [5, 5.41) is 40.0. The van der Waals surface area contributed by atoms with E-state index in [0.717, 1.165) is 0 Å². The number of nitrogens with one attached hydrogen (secondary N) is 1. The van der Waals surface area contributed by atoms with Gasteiger partial charge in [0.25, 0.3) is 5.91 Å². The maximum atomic E-state index is 12.0. The molecule has 0 aliphatic carbocycles. The molecule has 1 fully saturated rings. The number of aliphatic hydroxyl groups is 4. The van der Waals surface area contributed by atoms with E-state index in [1.165, 1.54) is 35.8 Å². The van der Waals surface area contributed by atoms with Gasteiger partial charge in [-0.2, -0.15) is 8.42 Å². The van der Waals surface area contributed by atoms with Crippen molar-refractivity contribution in [2.24, 2.45) is 5.92 Å². The van der Waals surface area contributed by atoms with E-state index < -0.39 is 65.5 Å². The third-order valence-electron chi connectivity index (χ3n) is 4.89. The van der Waals surface area contributed by atoms with Crippen molar-refractivity contribution in [2.45, 2.75) is 50.6 Å². The fourth-order valence-corrected chi connectivity index (χ4v) is 3.78. The molecule has 6 atom stereocenters. The number of fused-ring (bicyclic) bond motifs is 1. The summed E-state index contributed by atoms with van der Waals surface area (Å²) in [5.74, 6) is -1.81. The summed E-state index contributed by atoms with van der Waals surface area (Å²) in [6, 6.07) is 0. The lowest BCUT2D eigenvalue weighted by Gasteiger charge is -2.20. The number of rotatable bonds is 8. The van der Waals surface area contributed by atoms with Gasteiger partial charge in [-0.15, -0.1) is 0 Å². The average molecular weight is 476 g/mol. The minimum Gasteiger partial charge on any atom is -0.390 e. The van der Waals surface area contributed by atoms with Crippen LogP contribution in [0.15, 0.2) is 12.7 Å². The number of nitrogens with two attached hydrogens (primary N) is 1. The van der Waals surface area contributed by atoms with Crippen molar-refractivity contribution in [3.63, 3.8) is 0 Å². The SMILES string of the molecule is CC(C)[C@@H](O)[C@H](O)C(=O)NS(=O)(=O)OC[C@H]1O[C@@H](n2cnc3c(N)ncnc32)[C@@H](O)[C@@H]1O. The van der Waals surface area contributed by atoms with Crippen molar-refractivity contribution in [3.8, 4) is 0 Å². The first-order valence-electron chi connectivity index (χ1n) is 9.44. The van der Waals surface area contributed by atoms with Crippen LogP contribution in [0.3, 0.4) is 0 Å². The molecule has 0 bridgehead atoms. The summed E-state index contributed by atoms with van der Waals surface area (Å²) in [5.41, 5.74) is 6.17. The number of hydrogen-bond donors (Lipinski definition) is 6. The minimum atomic E-state index is -4.72. The van der Waals surface area contributed by atoms with E-state index >= 15 is 0 Å². The van der Waals surface area contributed by atoms with E-state index in [1.54, 1.807) is 0 Å². The first kappa shape index (κ1) is 24.2. The number of imidazole rings is 1. The summed E-state index contributed by atoms with van der Waals surface area (Å²) >= 11 is 0. The number of amides is 1. The van der Waals surface area contributed by atoms with Gasteiger partial charge in [-0.1, -0.05) is 13.8 Å². The Bertz CT molecular complexity index is 1080. The molecule has 16 heteroatoms. The fraction of sp³-hybridized carbons (Fsp3) is 0.625. The van der Waals surface area contributed by atoms with Crippen LogP contribution in [0.4, 0.5) is 5.82 Å². The Kier molecular flexibility index (Phi) is 6.94. The summed E-state index contributed by atoms with van der Waals surface area (Å²) in [4.78, 5) is 23.7. The Morgan fingerprint density at radius 3 is 2.62 bits per heavy atom. The Morgan fingerprint density at radius 2 is 1.97 bits per heavy atom. The highest BCUT2D eigenvalue weighted by atomic mass is 32.2. The van der Waals surface area contributed by atoms with E-state index in [2.05, 4.69) is 19.1 Å². The number of nitrogens with zero attached hydrogens (tertiary/aromatic N) is 4. The van der Waals surface area contributed by atoms with Gasteiger partial charge in [-0.3, -0.25) is 13.5 Å². The molecule has 0 saturated carbocycles. The van der Waals surface area contributed by atoms with Crippen molar-refractivity contribution in [1.82, 2.24) is 24.2 Å². The van der Waals surface area contributed by atoms with E-state index in [-0.39, 0.29) is 17.0 Å². The smallest absolute Gasteiger partial charge is 0.362 e. The molecule has 2 aromatic heterocycles. The van der Waals surface area contributed by atoms with Gasteiger partial charge < -0.3 is 30.9 Å². The van der Waals surface area contributed by atoms with Crippen LogP contribution in [0.2, 0.25) is 0 Å². The molecule has 1 saturated heterocycles. The van der Waals surface area contributed by atoms with Crippen molar-refractivity contribution >= 4 is 33.2 Å². The number of aliphatic hydroxyl groups excluding tert-OH is 4. The van der Waals surface area contributed by atoms with Gasteiger partial charge in [0, 0.05) is 0 Å². The lowest BCUT2D eigenvalue weighted by Crippen LogP contribution is -2.47. The molecule has 2 aromatic rings. The quantitative estimate of drug-likeness (QED) is 0.220. The minimum absolute atomic E-state index is 0.0910. The zero-order chi connectivity index (χ0) is 23.8. The standard InChI is InChI=1S/C16H24N6O9S/c1-6(2)9(23)11(25)15(27)21-32(28,29)30-3-7-10(24)12(26)16(31-7)22-5-20-8-13(17)18-4-19-14(8)22/h4-7,9-12,16,23-26H,3H2,1-2H3,(H,21,27)(H2,17,18,19)/t7-,9-,10-,11+,12+,16-/m1/s1. The molecular weight excluding hydrogens is 452 g/mol. The third-order valence-corrected chi connectivity index (χ3v) is 5.78. The first-order chi connectivity index (χ1) is 14.9. The van der Waals surface area contributed by atoms with E-state index in [4.69, 9.17) is 10.5 Å². The molecule has 15 nitrogen and oxygen atoms in total. The van der Waals surface area contributed by atoms with Gasteiger partial charge in [-0.05, 0) is 5.92 Å². The van der Waals surface area contributed by atoms with Crippen molar-refractivity contribution in [2.75, 3.05) is 12.3 Å². The molecule has 0 spiro atoms. The van der Waals surface area contributed by atoms with Gasteiger partial charge in [0.2, 0.25) is 0 Å². The number of ether oxygens (including phenoxy) is 1. The molecule has 178 valence electrons. The summed E-state index contributed by atoms with van der Waals surface area (Å²) in [6.07, 6.45) is -6.64. The highest BCUT2D eigenvalue weighted by Gasteiger charge is 2.45. The maximum Gasteiger partial charge on any atom is 0.362 e. The average Bonchev–Trinajstić information content (AvgIpc) is 3.27. The molecule has 7 N–H and O–H groups in total. The van der Waals surface area contributed by atoms with Crippen molar-refractivity contribution in [1.29, 1.82) is 0 Å². The largest absolute Gasteiger partial charge is 0.390 e. The molecule has 1 aliphatic heterocycles. The molecule has 1 aliphatic rings. The predicted octanol–water partition coefficient (Wildman–Crippen LogP) is -3.22. The Labute approximate surface area is 182 Å². The summed E-state index contributed by atoms with van der Waals surface area (Å²) in [7, 11) is -4.72. The van der Waals surface area contributed by atoms with Crippen LogP contribution in [0, 0.1) is 5.92 Å². The zero-order valence-corrected chi connectivity index (χ0v) is 17.8. The Balaban J connectivity index is 1.65. The molecule has 3 rings (SSSR count). The Hall–Kier alpha value is -2.47. The Morgan fingerprint density at radius 1 is 1.28 bits per heavy atom. The molecule has 0 unspecified atom stereocenters. The topological polar surface area (TPSA) is 232 Å². The normalized spacial score (nSPS) is 25.8. The zero-order valence-electron chi connectivity index (χ0n) is 17.0. The van der Waals surface area contributed by atoms with Crippen LogP contribution in [0.1, 0.15) is 20.1 Å².